The molecule has 0 spiro atoms. The summed E-state index contributed by atoms with van der Waals surface area (Å²) in [7, 11) is -3.72. The second-order valence-corrected chi connectivity index (χ2v) is 8.72. The van der Waals surface area contributed by atoms with Gasteiger partial charge in [0, 0.05) is 9.75 Å². The minimum Gasteiger partial charge on any atom is -0.462 e. The van der Waals surface area contributed by atoms with Crippen molar-refractivity contribution < 1.29 is 17.9 Å². The number of hydrogen-bond acceptors (Lipinski definition) is 6. The van der Waals surface area contributed by atoms with Gasteiger partial charge >= 0.3 is 5.97 Å². The van der Waals surface area contributed by atoms with Gasteiger partial charge in [0.05, 0.1) is 12.2 Å². The van der Waals surface area contributed by atoms with E-state index in [2.05, 4.69) is 4.72 Å². The zero-order valence-corrected chi connectivity index (χ0v) is 15.2. The lowest BCUT2D eigenvalue weighted by Crippen LogP contribution is -2.15. The highest BCUT2D eigenvalue weighted by atomic mass is 32.2. The maximum Gasteiger partial charge on any atom is 0.341 e. The fourth-order valence-electron chi connectivity index (χ4n) is 2.03. The summed E-state index contributed by atoms with van der Waals surface area (Å²) in [6, 6.07) is 1.63. The molecule has 0 unspecified atom stereocenters. The fraction of sp³-hybridized carbons (Fsp3) is 0.357. The second kappa shape index (κ2) is 6.39. The number of anilines is 1. The molecule has 0 radical (unpaired) electrons. The number of hydrogen-bond donors (Lipinski definition) is 1. The van der Waals surface area contributed by atoms with E-state index in [-0.39, 0.29) is 17.1 Å². The molecule has 0 saturated heterocycles. The Balaban J connectivity index is 2.39. The Labute approximate surface area is 138 Å². The van der Waals surface area contributed by atoms with E-state index in [0.29, 0.717) is 10.6 Å². The van der Waals surface area contributed by atoms with Crippen molar-refractivity contribution in [2.45, 2.75) is 32.6 Å². The van der Waals surface area contributed by atoms with Crippen molar-refractivity contribution in [1.29, 1.82) is 0 Å². The normalized spacial score (nSPS) is 11.5. The van der Waals surface area contributed by atoms with E-state index < -0.39 is 16.0 Å². The first-order valence-electron chi connectivity index (χ1n) is 6.61. The van der Waals surface area contributed by atoms with Crippen LogP contribution in [0.5, 0.6) is 0 Å². The first-order chi connectivity index (χ1) is 10.3. The predicted octanol–water partition coefficient (Wildman–Crippen LogP) is 3.71. The average Bonchev–Trinajstić information content (AvgIpc) is 2.92. The van der Waals surface area contributed by atoms with Crippen molar-refractivity contribution >= 4 is 43.7 Å². The molecule has 2 rings (SSSR count). The number of carbonyl (C=O) groups is 1. The number of aryl methyl sites for hydroxylation is 3. The molecule has 0 saturated carbocycles. The lowest BCUT2D eigenvalue weighted by Gasteiger charge is -2.08. The van der Waals surface area contributed by atoms with E-state index in [1.165, 1.54) is 22.7 Å². The van der Waals surface area contributed by atoms with Crippen LogP contribution in [0.1, 0.15) is 32.6 Å². The summed E-state index contributed by atoms with van der Waals surface area (Å²) < 4.78 is 32.6. The third kappa shape index (κ3) is 3.34. The van der Waals surface area contributed by atoms with Crippen molar-refractivity contribution in [3.05, 3.63) is 32.3 Å². The van der Waals surface area contributed by atoms with Crippen LogP contribution in [0.25, 0.3) is 0 Å². The van der Waals surface area contributed by atoms with E-state index in [9.17, 15) is 13.2 Å². The summed E-state index contributed by atoms with van der Waals surface area (Å²) in [6.45, 7) is 7.32. The van der Waals surface area contributed by atoms with Gasteiger partial charge in [-0.2, -0.15) is 0 Å². The zero-order valence-electron chi connectivity index (χ0n) is 12.7. The monoisotopic (exact) mass is 359 g/mol. The Bertz CT molecular complexity index is 802. The Hall–Kier alpha value is -1.38. The summed E-state index contributed by atoms with van der Waals surface area (Å²) in [4.78, 5) is 13.9. The van der Waals surface area contributed by atoms with E-state index in [1.54, 1.807) is 32.2 Å². The van der Waals surface area contributed by atoms with Gasteiger partial charge in [-0.05, 0) is 44.7 Å². The molecule has 120 valence electrons. The molecule has 0 aliphatic rings. The van der Waals surface area contributed by atoms with Crippen LogP contribution in [0.3, 0.4) is 0 Å². The quantitative estimate of drug-likeness (QED) is 0.826. The summed E-state index contributed by atoms with van der Waals surface area (Å²) in [5.41, 5.74) is 0.972. The first-order valence-corrected chi connectivity index (χ1v) is 9.79. The average molecular weight is 359 g/mol. The molecule has 8 heteroatoms. The van der Waals surface area contributed by atoms with Gasteiger partial charge in [0.1, 0.15) is 9.90 Å². The Morgan fingerprint density at radius 1 is 1.32 bits per heavy atom. The van der Waals surface area contributed by atoms with Crippen LogP contribution < -0.4 is 4.72 Å². The number of nitrogens with one attached hydrogen (secondary N) is 1. The second-order valence-electron chi connectivity index (χ2n) is 4.73. The van der Waals surface area contributed by atoms with Gasteiger partial charge in [-0.1, -0.05) is 0 Å². The minimum atomic E-state index is -3.72. The number of thiophene rings is 2. The van der Waals surface area contributed by atoms with Gasteiger partial charge in [-0.15, -0.1) is 22.7 Å². The van der Waals surface area contributed by atoms with Crippen LogP contribution in [0.2, 0.25) is 0 Å². The molecule has 0 atom stereocenters. The molecule has 0 fully saturated rings. The number of ether oxygens (including phenoxy) is 1. The van der Waals surface area contributed by atoms with Crippen molar-refractivity contribution in [3.63, 3.8) is 0 Å². The summed E-state index contributed by atoms with van der Waals surface area (Å²) in [5, 5.41) is 2.02. The molecule has 1 N–H and O–H groups in total. The standard InChI is InChI=1S/C14H17NO4S3/c1-5-19-14(16)12-8(2)7-20-13(12)15-22(17,18)11-6-9(3)21-10(11)4/h6-7,15H,5H2,1-4H3. The highest BCUT2D eigenvalue weighted by Crippen LogP contribution is 2.32. The smallest absolute Gasteiger partial charge is 0.341 e. The molecule has 22 heavy (non-hydrogen) atoms. The van der Waals surface area contributed by atoms with Gasteiger partial charge in [-0.25, -0.2) is 13.2 Å². The molecule has 2 aromatic heterocycles. The highest BCUT2D eigenvalue weighted by molar-refractivity contribution is 7.93. The van der Waals surface area contributed by atoms with Crippen LogP contribution in [-0.2, 0) is 14.8 Å². The largest absolute Gasteiger partial charge is 0.462 e. The lowest BCUT2D eigenvalue weighted by molar-refractivity contribution is 0.0527. The lowest BCUT2D eigenvalue weighted by atomic mass is 10.2. The third-order valence-electron chi connectivity index (χ3n) is 2.97. The summed E-state index contributed by atoms with van der Waals surface area (Å²) in [5.74, 6) is -0.517. The topological polar surface area (TPSA) is 72.5 Å². The van der Waals surface area contributed by atoms with Crippen molar-refractivity contribution in [1.82, 2.24) is 0 Å². The molecule has 0 aliphatic heterocycles. The predicted molar refractivity (Wildman–Crippen MR) is 89.6 cm³/mol. The van der Waals surface area contributed by atoms with Gasteiger partial charge in [0.25, 0.3) is 10.0 Å². The van der Waals surface area contributed by atoms with Crippen molar-refractivity contribution in [2.75, 3.05) is 11.3 Å². The summed E-state index contributed by atoms with van der Waals surface area (Å²) in [6.07, 6.45) is 0. The van der Waals surface area contributed by atoms with Crippen LogP contribution in [0.4, 0.5) is 5.00 Å². The van der Waals surface area contributed by atoms with Crippen molar-refractivity contribution in [3.8, 4) is 0 Å². The molecular weight excluding hydrogens is 342 g/mol. The van der Waals surface area contributed by atoms with Gasteiger partial charge < -0.3 is 4.74 Å². The molecule has 0 aliphatic carbocycles. The van der Waals surface area contributed by atoms with E-state index in [1.807, 2.05) is 6.92 Å². The zero-order chi connectivity index (χ0) is 16.5. The number of carbonyl (C=O) groups excluding carboxylic acids is 1. The van der Waals surface area contributed by atoms with Gasteiger partial charge in [-0.3, -0.25) is 4.72 Å². The molecule has 2 heterocycles. The van der Waals surface area contributed by atoms with E-state index >= 15 is 0 Å². The van der Waals surface area contributed by atoms with Crippen molar-refractivity contribution in [2.24, 2.45) is 0 Å². The summed E-state index contributed by atoms with van der Waals surface area (Å²) >= 11 is 2.60. The van der Waals surface area contributed by atoms with E-state index in [4.69, 9.17) is 4.74 Å². The van der Waals surface area contributed by atoms with Crippen LogP contribution in [-0.4, -0.2) is 21.0 Å². The van der Waals surface area contributed by atoms with Gasteiger partial charge in [0.2, 0.25) is 0 Å². The SMILES string of the molecule is CCOC(=O)c1c(C)csc1NS(=O)(=O)c1cc(C)sc1C. The first kappa shape index (κ1) is 17.0. The maximum absolute atomic E-state index is 12.5. The molecular formula is C14H17NO4S3. The number of esters is 1. The molecule has 2 aromatic rings. The van der Waals surface area contributed by atoms with Crippen LogP contribution in [0.15, 0.2) is 16.3 Å². The molecule has 0 amide bonds. The van der Waals surface area contributed by atoms with E-state index in [0.717, 1.165) is 9.75 Å². The Morgan fingerprint density at radius 2 is 2.00 bits per heavy atom. The number of rotatable bonds is 5. The molecule has 0 aromatic carbocycles. The Kier molecular flexibility index (Phi) is 4.93. The van der Waals surface area contributed by atoms with Gasteiger partial charge in [0.15, 0.2) is 0 Å². The minimum absolute atomic E-state index is 0.239. The van der Waals surface area contributed by atoms with Crippen LogP contribution >= 0.6 is 22.7 Å². The highest BCUT2D eigenvalue weighted by Gasteiger charge is 2.25. The maximum atomic E-state index is 12.5. The fourth-order valence-corrected chi connectivity index (χ4v) is 5.84. The Morgan fingerprint density at radius 3 is 2.55 bits per heavy atom. The third-order valence-corrected chi connectivity index (χ3v) is 6.68. The molecule has 5 nitrogen and oxygen atoms in total. The number of sulfonamides is 1. The molecule has 0 bridgehead atoms. The van der Waals surface area contributed by atoms with Crippen LogP contribution in [0, 0.1) is 20.8 Å².